The Morgan fingerprint density at radius 3 is 2.71 bits per heavy atom. The smallest absolute Gasteiger partial charge is 0.146 e. The average Bonchev–Trinajstić information content (AvgIpc) is 2.11. The van der Waals surface area contributed by atoms with Crippen LogP contribution in [-0.2, 0) is 11.2 Å². The zero-order chi connectivity index (χ0) is 10.7. The maximum Gasteiger partial charge on any atom is 0.146 e. The first-order chi connectivity index (χ1) is 6.50. The molecule has 14 heavy (non-hydrogen) atoms. The lowest BCUT2D eigenvalue weighted by atomic mass is 10.0. The molecule has 1 atom stereocenters. The largest absolute Gasteiger partial charge is 0.508 e. The van der Waals surface area contributed by atoms with E-state index in [2.05, 4.69) is 0 Å². The van der Waals surface area contributed by atoms with Crippen LogP contribution in [0.3, 0.4) is 0 Å². The summed E-state index contributed by atoms with van der Waals surface area (Å²) in [6.45, 7) is 3.30. The first-order valence-electron chi connectivity index (χ1n) is 4.55. The number of aromatic hydroxyl groups is 1. The Morgan fingerprint density at radius 1 is 1.57 bits per heavy atom. The van der Waals surface area contributed by atoms with Crippen LogP contribution in [0.4, 0.5) is 0 Å². The number of benzene rings is 1. The first-order valence-corrected chi connectivity index (χ1v) is 4.55. The van der Waals surface area contributed by atoms with Gasteiger partial charge in [0.05, 0.1) is 6.04 Å². The number of carbonyl (C=O) groups is 1. The minimum atomic E-state index is -0.445. The van der Waals surface area contributed by atoms with Crippen molar-refractivity contribution in [3.8, 4) is 5.75 Å². The van der Waals surface area contributed by atoms with Crippen LogP contribution in [0.25, 0.3) is 0 Å². The second kappa shape index (κ2) is 4.24. The molecule has 1 aromatic rings. The highest BCUT2D eigenvalue weighted by molar-refractivity contribution is 5.81. The second-order valence-electron chi connectivity index (χ2n) is 3.54. The molecule has 0 saturated heterocycles. The topological polar surface area (TPSA) is 63.3 Å². The van der Waals surface area contributed by atoms with Gasteiger partial charge in [0.1, 0.15) is 11.5 Å². The van der Waals surface area contributed by atoms with Crippen molar-refractivity contribution >= 4 is 5.78 Å². The third kappa shape index (κ3) is 2.57. The number of rotatable bonds is 3. The van der Waals surface area contributed by atoms with Gasteiger partial charge in [0, 0.05) is 0 Å². The van der Waals surface area contributed by atoms with E-state index in [4.69, 9.17) is 5.73 Å². The fourth-order valence-electron chi connectivity index (χ4n) is 1.24. The lowest BCUT2D eigenvalue weighted by Crippen LogP contribution is -2.30. The van der Waals surface area contributed by atoms with Crippen LogP contribution in [0.2, 0.25) is 0 Å². The van der Waals surface area contributed by atoms with Crippen LogP contribution in [0.15, 0.2) is 18.2 Å². The molecule has 0 aromatic heterocycles. The standard InChI is InChI=1S/C11H15NO2/c1-7-5-9(3-4-11(7)14)6-10(12)8(2)13/h3-5,10,14H,6,12H2,1-2H3. The number of hydrogen-bond acceptors (Lipinski definition) is 3. The summed E-state index contributed by atoms with van der Waals surface area (Å²) in [6.07, 6.45) is 0.524. The Balaban J connectivity index is 2.78. The van der Waals surface area contributed by atoms with Gasteiger partial charge in [-0.15, -0.1) is 0 Å². The molecule has 0 fully saturated rings. The average molecular weight is 193 g/mol. The number of aryl methyl sites for hydroxylation is 1. The molecule has 0 aliphatic rings. The van der Waals surface area contributed by atoms with Gasteiger partial charge in [0.25, 0.3) is 0 Å². The van der Waals surface area contributed by atoms with E-state index < -0.39 is 6.04 Å². The number of phenols is 1. The van der Waals surface area contributed by atoms with Gasteiger partial charge in [-0.25, -0.2) is 0 Å². The van der Waals surface area contributed by atoms with Gasteiger partial charge in [0.15, 0.2) is 0 Å². The summed E-state index contributed by atoms with van der Waals surface area (Å²) in [5.41, 5.74) is 7.40. The summed E-state index contributed by atoms with van der Waals surface area (Å²) >= 11 is 0. The van der Waals surface area contributed by atoms with E-state index in [0.717, 1.165) is 11.1 Å². The summed E-state index contributed by atoms with van der Waals surface area (Å²) in [4.78, 5) is 10.9. The molecule has 76 valence electrons. The highest BCUT2D eigenvalue weighted by Crippen LogP contribution is 2.17. The van der Waals surface area contributed by atoms with Crippen molar-refractivity contribution in [2.24, 2.45) is 5.73 Å². The summed E-state index contributed by atoms with van der Waals surface area (Å²) in [7, 11) is 0. The van der Waals surface area contributed by atoms with E-state index in [1.165, 1.54) is 6.92 Å². The van der Waals surface area contributed by atoms with E-state index in [1.54, 1.807) is 12.1 Å². The predicted octanol–water partition coefficient (Wildman–Crippen LogP) is 1.16. The molecule has 0 spiro atoms. The molecule has 3 nitrogen and oxygen atoms in total. The van der Waals surface area contributed by atoms with Crippen LogP contribution in [0.5, 0.6) is 5.75 Å². The third-order valence-corrected chi connectivity index (χ3v) is 2.24. The molecule has 1 rings (SSSR count). The molecule has 0 aliphatic heterocycles. The second-order valence-corrected chi connectivity index (χ2v) is 3.54. The number of Topliss-reactive ketones (excluding diaryl/α,β-unsaturated/α-hetero) is 1. The summed E-state index contributed by atoms with van der Waals surface area (Å²) < 4.78 is 0. The van der Waals surface area contributed by atoms with Gasteiger partial charge in [-0.3, -0.25) is 4.79 Å². The Labute approximate surface area is 83.6 Å². The van der Waals surface area contributed by atoms with Crippen LogP contribution >= 0.6 is 0 Å². The highest BCUT2D eigenvalue weighted by Gasteiger charge is 2.09. The molecule has 0 bridgehead atoms. The maximum atomic E-state index is 10.9. The Morgan fingerprint density at radius 2 is 2.21 bits per heavy atom. The minimum absolute atomic E-state index is 0.0178. The van der Waals surface area contributed by atoms with Crippen molar-refractivity contribution in [2.45, 2.75) is 26.3 Å². The number of hydrogen-bond donors (Lipinski definition) is 2. The number of nitrogens with two attached hydrogens (primary N) is 1. The molecule has 0 saturated carbocycles. The van der Waals surface area contributed by atoms with Crippen LogP contribution < -0.4 is 5.73 Å². The van der Waals surface area contributed by atoms with Crippen molar-refractivity contribution in [2.75, 3.05) is 0 Å². The molecule has 3 N–H and O–H groups in total. The van der Waals surface area contributed by atoms with Crippen LogP contribution in [0.1, 0.15) is 18.1 Å². The van der Waals surface area contributed by atoms with Gasteiger partial charge in [-0.1, -0.05) is 12.1 Å². The van der Waals surface area contributed by atoms with Crippen molar-refractivity contribution in [3.63, 3.8) is 0 Å². The van der Waals surface area contributed by atoms with Crippen LogP contribution in [0, 0.1) is 6.92 Å². The summed E-state index contributed by atoms with van der Waals surface area (Å²) in [6, 6.07) is 4.81. The van der Waals surface area contributed by atoms with E-state index in [1.807, 2.05) is 13.0 Å². The third-order valence-electron chi connectivity index (χ3n) is 2.24. The predicted molar refractivity (Wildman–Crippen MR) is 55.2 cm³/mol. The monoisotopic (exact) mass is 193 g/mol. The zero-order valence-corrected chi connectivity index (χ0v) is 8.45. The molecule has 1 unspecified atom stereocenters. The molecule has 0 aliphatic carbocycles. The fourth-order valence-corrected chi connectivity index (χ4v) is 1.24. The molecular formula is C11H15NO2. The summed E-state index contributed by atoms with van der Waals surface area (Å²) in [5, 5.41) is 9.29. The molecular weight excluding hydrogens is 178 g/mol. The van der Waals surface area contributed by atoms with Crippen molar-refractivity contribution < 1.29 is 9.90 Å². The lowest BCUT2D eigenvalue weighted by Gasteiger charge is -2.08. The van der Waals surface area contributed by atoms with Crippen molar-refractivity contribution in [1.29, 1.82) is 0 Å². The molecule has 3 heteroatoms. The highest BCUT2D eigenvalue weighted by atomic mass is 16.3. The van der Waals surface area contributed by atoms with Gasteiger partial charge < -0.3 is 10.8 Å². The lowest BCUT2D eigenvalue weighted by molar-refractivity contribution is -0.118. The minimum Gasteiger partial charge on any atom is -0.508 e. The Bertz CT molecular complexity index is 347. The molecule has 0 heterocycles. The van der Waals surface area contributed by atoms with Gasteiger partial charge >= 0.3 is 0 Å². The first kappa shape index (κ1) is 10.7. The van der Waals surface area contributed by atoms with Gasteiger partial charge in [-0.2, -0.15) is 0 Å². The van der Waals surface area contributed by atoms with Crippen LogP contribution in [-0.4, -0.2) is 16.9 Å². The van der Waals surface area contributed by atoms with E-state index in [-0.39, 0.29) is 11.5 Å². The van der Waals surface area contributed by atoms with E-state index in [9.17, 15) is 9.90 Å². The van der Waals surface area contributed by atoms with Crippen molar-refractivity contribution in [3.05, 3.63) is 29.3 Å². The van der Waals surface area contributed by atoms with Gasteiger partial charge in [0.2, 0.25) is 0 Å². The molecule has 0 radical (unpaired) electrons. The van der Waals surface area contributed by atoms with Crippen molar-refractivity contribution in [1.82, 2.24) is 0 Å². The summed E-state index contributed by atoms with van der Waals surface area (Å²) in [5.74, 6) is 0.251. The number of carbonyl (C=O) groups excluding carboxylic acids is 1. The van der Waals surface area contributed by atoms with Gasteiger partial charge in [-0.05, 0) is 37.5 Å². The Kier molecular flexibility index (Phi) is 3.25. The molecule has 1 aromatic carbocycles. The SMILES string of the molecule is CC(=O)C(N)Cc1ccc(O)c(C)c1. The van der Waals surface area contributed by atoms with E-state index in [0.29, 0.717) is 6.42 Å². The molecule has 0 amide bonds. The Hall–Kier alpha value is -1.35. The maximum absolute atomic E-state index is 10.9. The fraction of sp³-hybridized carbons (Fsp3) is 0.364. The normalized spacial score (nSPS) is 12.5. The number of phenolic OH excluding ortho intramolecular Hbond substituents is 1. The quantitative estimate of drug-likeness (QED) is 0.757. The number of ketones is 1. The zero-order valence-electron chi connectivity index (χ0n) is 8.45. The van der Waals surface area contributed by atoms with E-state index >= 15 is 0 Å².